The Morgan fingerprint density at radius 1 is 1.15 bits per heavy atom. The zero-order valence-electron chi connectivity index (χ0n) is 14.3. The maximum absolute atomic E-state index is 12.8. The standard InChI is InChI=1S/C18H21ClN2O3S2/c19-16-12-6-2-3-7-15(12)25-17(16)18(22)20-13-10-26(23,24)11-14(13)21-8-4-1-5-9-21/h2-3,6-7,13-14H,1,4-5,8-11H2,(H,20,22). The van der Waals surface area contributed by atoms with Gasteiger partial charge >= 0.3 is 0 Å². The van der Waals surface area contributed by atoms with Gasteiger partial charge < -0.3 is 5.32 Å². The SMILES string of the molecule is O=C(NC1CS(=O)(=O)CC1N1CCCCC1)c1sc2ccccc2c1Cl. The second-order valence-electron chi connectivity index (χ2n) is 7.06. The Balaban J connectivity index is 1.57. The van der Waals surface area contributed by atoms with Gasteiger partial charge in [-0.1, -0.05) is 36.2 Å². The van der Waals surface area contributed by atoms with Crippen LogP contribution in [0.5, 0.6) is 0 Å². The van der Waals surface area contributed by atoms with E-state index in [0.29, 0.717) is 9.90 Å². The van der Waals surface area contributed by atoms with Crippen molar-refractivity contribution >= 4 is 48.8 Å². The lowest BCUT2D eigenvalue weighted by Gasteiger charge is -2.34. The average molecular weight is 413 g/mol. The summed E-state index contributed by atoms with van der Waals surface area (Å²) in [5.74, 6) is -0.152. The summed E-state index contributed by atoms with van der Waals surface area (Å²) in [6.45, 7) is 1.80. The molecule has 0 saturated carbocycles. The van der Waals surface area contributed by atoms with E-state index in [-0.39, 0.29) is 29.5 Å². The second-order valence-corrected chi connectivity index (χ2v) is 10.6. The second kappa shape index (κ2) is 7.11. The number of carbonyl (C=O) groups excluding carboxylic acids is 1. The Morgan fingerprint density at radius 3 is 2.62 bits per heavy atom. The summed E-state index contributed by atoms with van der Waals surface area (Å²) in [4.78, 5) is 15.5. The zero-order chi connectivity index (χ0) is 18.3. The van der Waals surface area contributed by atoms with Gasteiger partial charge in [-0.3, -0.25) is 9.69 Å². The molecule has 140 valence electrons. The molecule has 2 unspecified atom stereocenters. The molecule has 1 aromatic carbocycles. The van der Waals surface area contributed by atoms with E-state index in [0.717, 1.165) is 36.0 Å². The predicted molar refractivity (Wildman–Crippen MR) is 106 cm³/mol. The first-order valence-corrected chi connectivity index (χ1v) is 11.9. The van der Waals surface area contributed by atoms with E-state index in [1.807, 2.05) is 24.3 Å². The highest BCUT2D eigenvalue weighted by Crippen LogP contribution is 2.35. The van der Waals surface area contributed by atoms with Crippen LogP contribution in [0.15, 0.2) is 24.3 Å². The summed E-state index contributed by atoms with van der Waals surface area (Å²) in [5, 5.41) is 4.27. The molecule has 0 aliphatic carbocycles. The molecule has 2 fully saturated rings. The number of halogens is 1. The highest BCUT2D eigenvalue weighted by atomic mass is 35.5. The number of hydrogen-bond donors (Lipinski definition) is 1. The highest BCUT2D eigenvalue weighted by molar-refractivity contribution is 7.91. The van der Waals surface area contributed by atoms with Crippen LogP contribution in [0.3, 0.4) is 0 Å². The molecule has 2 aliphatic heterocycles. The number of sulfone groups is 1. The topological polar surface area (TPSA) is 66.5 Å². The van der Waals surface area contributed by atoms with Crippen molar-refractivity contribution in [3.8, 4) is 0 Å². The number of likely N-dealkylation sites (tertiary alicyclic amines) is 1. The molecule has 0 bridgehead atoms. The molecule has 0 radical (unpaired) electrons. The lowest BCUT2D eigenvalue weighted by molar-refractivity contribution is 0.0904. The van der Waals surface area contributed by atoms with Crippen molar-refractivity contribution < 1.29 is 13.2 Å². The van der Waals surface area contributed by atoms with Crippen molar-refractivity contribution in [2.75, 3.05) is 24.6 Å². The van der Waals surface area contributed by atoms with Crippen molar-refractivity contribution in [2.45, 2.75) is 31.3 Å². The number of nitrogens with zero attached hydrogens (tertiary/aromatic N) is 1. The van der Waals surface area contributed by atoms with E-state index >= 15 is 0 Å². The first-order chi connectivity index (χ1) is 12.4. The summed E-state index contributed by atoms with van der Waals surface area (Å²) >= 11 is 7.74. The van der Waals surface area contributed by atoms with Gasteiger partial charge in [0.2, 0.25) is 0 Å². The van der Waals surface area contributed by atoms with Crippen LogP contribution in [-0.4, -0.2) is 55.9 Å². The molecule has 2 saturated heterocycles. The molecule has 1 amide bonds. The normalized spacial score (nSPS) is 26.2. The lowest BCUT2D eigenvalue weighted by Crippen LogP contribution is -2.52. The van der Waals surface area contributed by atoms with Gasteiger partial charge in [-0.15, -0.1) is 11.3 Å². The Labute approximate surface area is 162 Å². The van der Waals surface area contributed by atoms with E-state index in [2.05, 4.69) is 10.2 Å². The fraction of sp³-hybridized carbons (Fsp3) is 0.500. The third kappa shape index (κ3) is 3.50. The van der Waals surface area contributed by atoms with Crippen LogP contribution in [0.4, 0.5) is 0 Å². The zero-order valence-corrected chi connectivity index (χ0v) is 16.7. The monoisotopic (exact) mass is 412 g/mol. The van der Waals surface area contributed by atoms with Crippen LogP contribution in [-0.2, 0) is 9.84 Å². The van der Waals surface area contributed by atoms with E-state index in [1.165, 1.54) is 17.8 Å². The van der Waals surface area contributed by atoms with Gasteiger partial charge in [-0.2, -0.15) is 0 Å². The Morgan fingerprint density at radius 2 is 1.88 bits per heavy atom. The molecule has 26 heavy (non-hydrogen) atoms. The number of amides is 1. The molecule has 1 aromatic heterocycles. The summed E-state index contributed by atoms with van der Waals surface area (Å²) in [7, 11) is -3.14. The summed E-state index contributed by atoms with van der Waals surface area (Å²) in [6.07, 6.45) is 3.35. The minimum Gasteiger partial charge on any atom is -0.346 e. The van der Waals surface area contributed by atoms with E-state index < -0.39 is 9.84 Å². The third-order valence-corrected chi connectivity index (χ3v) is 8.63. The molecule has 2 aromatic rings. The summed E-state index contributed by atoms with van der Waals surface area (Å²) in [6, 6.07) is 7.09. The first-order valence-electron chi connectivity index (χ1n) is 8.87. The third-order valence-electron chi connectivity index (χ3n) is 5.24. The molecular weight excluding hydrogens is 392 g/mol. The number of nitrogens with one attached hydrogen (secondary N) is 1. The fourth-order valence-corrected chi connectivity index (χ4v) is 7.34. The molecule has 2 aliphatic rings. The van der Waals surface area contributed by atoms with Crippen molar-refractivity contribution in [2.24, 2.45) is 0 Å². The molecule has 5 nitrogen and oxygen atoms in total. The van der Waals surface area contributed by atoms with Crippen LogP contribution in [0.25, 0.3) is 10.1 Å². The number of piperidine rings is 1. The number of benzene rings is 1. The van der Waals surface area contributed by atoms with Gasteiger partial charge in [-0.25, -0.2) is 8.42 Å². The first kappa shape index (κ1) is 18.2. The molecule has 2 atom stereocenters. The van der Waals surface area contributed by atoms with Gasteiger partial charge in [-0.05, 0) is 32.0 Å². The number of hydrogen-bond acceptors (Lipinski definition) is 5. The predicted octanol–water partition coefficient (Wildman–Crippen LogP) is 2.94. The Kier molecular flexibility index (Phi) is 4.98. The smallest absolute Gasteiger partial charge is 0.263 e. The van der Waals surface area contributed by atoms with Crippen LogP contribution in [0.1, 0.15) is 28.9 Å². The quantitative estimate of drug-likeness (QED) is 0.841. The van der Waals surface area contributed by atoms with Gasteiger partial charge in [0.15, 0.2) is 9.84 Å². The molecule has 4 rings (SSSR count). The maximum Gasteiger partial charge on any atom is 0.263 e. The molecule has 3 heterocycles. The van der Waals surface area contributed by atoms with E-state index in [9.17, 15) is 13.2 Å². The van der Waals surface area contributed by atoms with Crippen molar-refractivity contribution in [3.63, 3.8) is 0 Å². The van der Waals surface area contributed by atoms with Crippen LogP contribution >= 0.6 is 22.9 Å². The Hall–Kier alpha value is -1.15. The van der Waals surface area contributed by atoms with Crippen molar-refractivity contribution in [1.29, 1.82) is 0 Å². The van der Waals surface area contributed by atoms with Crippen molar-refractivity contribution in [1.82, 2.24) is 10.2 Å². The molecular formula is C18H21ClN2O3S2. The average Bonchev–Trinajstić information content (AvgIpc) is 3.12. The maximum atomic E-state index is 12.8. The van der Waals surface area contributed by atoms with Crippen LogP contribution in [0.2, 0.25) is 5.02 Å². The number of fused-ring (bicyclic) bond motifs is 1. The highest BCUT2D eigenvalue weighted by Gasteiger charge is 2.42. The number of thiophene rings is 1. The number of carbonyl (C=O) groups is 1. The summed E-state index contributed by atoms with van der Waals surface area (Å²) < 4.78 is 25.4. The van der Waals surface area contributed by atoms with E-state index in [1.54, 1.807) is 0 Å². The van der Waals surface area contributed by atoms with E-state index in [4.69, 9.17) is 11.6 Å². The fourth-order valence-electron chi connectivity index (χ4n) is 3.97. The largest absolute Gasteiger partial charge is 0.346 e. The summed E-state index contributed by atoms with van der Waals surface area (Å²) in [5.41, 5.74) is 0. The minimum atomic E-state index is -3.14. The minimum absolute atomic E-state index is 0.00240. The van der Waals surface area contributed by atoms with Gasteiger partial charge in [0, 0.05) is 16.1 Å². The Bertz CT molecular complexity index is 935. The molecule has 1 N–H and O–H groups in total. The van der Waals surface area contributed by atoms with Crippen LogP contribution in [0, 0.1) is 0 Å². The lowest BCUT2D eigenvalue weighted by atomic mass is 10.0. The van der Waals surface area contributed by atoms with Gasteiger partial charge in [0.05, 0.1) is 22.6 Å². The van der Waals surface area contributed by atoms with Gasteiger partial charge in [0.25, 0.3) is 5.91 Å². The number of rotatable bonds is 3. The van der Waals surface area contributed by atoms with Crippen LogP contribution < -0.4 is 5.32 Å². The van der Waals surface area contributed by atoms with Crippen molar-refractivity contribution in [3.05, 3.63) is 34.2 Å². The molecule has 8 heteroatoms. The molecule has 0 spiro atoms. The van der Waals surface area contributed by atoms with Gasteiger partial charge in [0.1, 0.15) is 4.88 Å².